The predicted molar refractivity (Wildman–Crippen MR) is 80.0 cm³/mol. The van der Waals surface area contributed by atoms with E-state index in [0.29, 0.717) is 29.3 Å². The van der Waals surface area contributed by atoms with Crippen LogP contribution in [-0.2, 0) is 0 Å². The molecular formula is C13H14N4O2S. The van der Waals surface area contributed by atoms with Gasteiger partial charge in [-0.2, -0.15) is 5.10 Å². The number of rotatable bonds is 5. The van der Waals surface area contributed by atoms with E-state index in [9.17, 15) is 4.79 Å². The zero-order valence-corrected chi connectivity index (χ0v) is 11.7. The molecule has 1 heterocycles. The van der Waals surface area contributed by atoms with Gasteiger partial charge >= 0.3 is 0 Å². The topological polar surface area (TPSA) is 93.0 Å². The molecule has 4 N–H and O–H groups in total. The van der Waals surface area contributed by atoms with Crippen molar-refractivity contribution in [2.75, 3.05) is 11.9 Å². The Balaban J connectivity index is 2.24. The molecule has 0 aliphatic heterocycles. The minimum atomic E-state index is -0.323. The third-order valence-electron chi connectivity index (χ3n) is 2.57. The van der Waals surface area contributed by atoms with Crippen LogP contribution in [0.4, 0.5) is 5.82 Å². The number of hydrogen-bond donors (Lipinski definition) is 3. The van der Waals surface area contributed by atoms with Gasteiger partial charge in [-0.3, -0.25) is 9.89 Å². The maximum atomic E-state index is 12.3. The van der Waals surface area contributed by atoms with E-state index in [1.165, 1.54) is 6.20 Å². The molecule has 1 aromatic heterocycles. The zero-order chi connectivity index (χ0) is 14.5. The fourth-order valence-electron chi connectivity index (χ4n) is 1.68. The van der Waals surface area contributed by atoms with Gasteiger partial charge in [0.25, 0.3) is 5.91 Å². The number of nitrogens with zero attached hydrogens (tertiary/aromatic N) is 1. The van der Waals surface area contributed by atoms with Crippen molar-refractivity contribution in [1.82, 2.24) is 10.2 Å². The molecule has 104 valence electrons. The molecule has 0 bridgehead atoms. The standard InChI is InChI=1S/C13H14N4O2S/c1-2-19-10-6-4-3-5-8(10)13(18)16-12-9(11(14)20)7-15-17-12/h3-7H,2H2,1H3,(H2,14,20)(H2,15,16,17,18). The van der Waals surface area contributed by atoms with Gasteiger partial charge in [-0.25, -0.2) is 0 Å². The molecule has 0 unspecified atom stereocenters. The van der Waals surface area contributed by atoms with E-state index in [0.717, 1.165) is 0 Å². The maximum Gasteiger partial charge on any atom is 0.260 e. The third kappa shape index (κ3) is 2.94. The summed E-state index contributed by atoms with van der Waals surface area (Å²) in [6, 6.07) is 6.98. The van der Waals surface area contributed by atoms with Crippen molar-refractivity contribution in [3.05, 3.63) is 41.6 Å². The van der Waals surface area contributed by atoms with E-state index in [2.05, 4.69) is 15.5 Å². The molecule has 0 aliphatic rings. The summed E-state index contributed by atoms with van der Waals surface area (Å²) in [5.41, 5.74) is 6.46. The van der Waals surface area contributed by atoms with Crippen LogP contribution in [0.25, 0.3) is 0 Å². The predicted octanol–water partition coefficient (Wildman–Crippen LogP) is 1.69. The van der Waals surface area contributed by atoms with E-state index >= 15 is 0 Å². The number of thiocarbonyl (C=S) groups is 1. The summed E-state index contributed by atoms with van der Waals surface area (Å²) in [4.78, 5) is 12.4. The number of nitrogens with two attached hydrogens (primary N) is 1. The van der Waals surface area contributed by atoms with Gasteiger partial charge in [-0.1, -0.05) is 24.4 Å². The number of ether oxygens (including phenoxy) is 1. The van der Waals surface area contributed by atoms with Gasteiger partial charge < -0.3 is 15.8 Å². The van der Waals surface area contributed by atoms with E-state index in [4.69, 9.17) is 22.7 Å². The van der Waals surface area contributed by atoms with Gasteiger partial charge in [0.15, 0.2) is 0 Å². The average molecular weight is 290 g/mol. The van der Waals surface area contributed by atoms with Crippen molar-refractivity contribution in [1.29, 1.82) is 0 Å². The Morgan fingerprint density at radius 1 is 1.45 bits per heavy atom. The van der Waals surface area contributed by atoms with Crippen LogP contribution in [0.15, 0.2) is 30.5 Å². The van der Waals surface area contributed by atoms with Crippen molar-refractivity contribution >= 4 is 28.9 Å². The number of carbonyl (C=O) groups is 1. The Kier molecular flexibility index (Phi) is 4.31. The maximum absolute atomic E-state index is 12.3. The number of para-hydroxylation sites is 1. The first kappa shape index (κ1) is 14.0. The highest BCUT2D eigenvalue weighted by atomic mass is 32.1. The van der Waals surface area contributed by atoms with Gasteiger partial charge in [0, 0.05) is 0 Å². The molecule has 6 nitrogen and oxygen atoms in total. The van der Waals surface area contributed by atoms with Crippen molar-refractivity contribution in [3.63, 3.8) is 0 Å². The van der Waals surface area contributed by atoms with E-state index in [1.54, 1.807) is 24.3 Å². The molecule has 20 heavy (non-hydrogen) atoms. The fraction of sp³-hybridized carbons (Fsp3) is 0.154. The second-order valence-corrected chi connectivity index (χ2v) is 4.35. The lowest BCUT2D eigenvalue weighted by Crippen LogP contribution is -2.17. The Hall–Kier alpha value is -2.41. The van der Waals surface area contributed by atoms with Crippen LogP contribution in [0, 0.1) is 0 Å². The molecule has 7 heteroatoms. The molecule has 0 fully saturated rings. The molecule has 0 saturated heterocycles. The number of nitrogens with one attached hydrogen (secondary N) is 2. The minimum absolute atomic E-state index is 0.159. The lowest BCUT2D eigenvalue weighted by atomic mass is 10.2. The Morgan fingerprint density at radius 2 is 2.20 bits per heavy atom. The van der Waals surface area contributed by atoms with Gasteiger partial charge in [0.2, 0.25) is 0 Å². The molecule has 0 atom stereocenters. The summed E-state index contributed by atoms with van der Waals surface area (Å²) < 4.78 is 5.42. The van der Waals surface area contributed by atoms with Crippen LogP contribution < -0.4 is 15.8 Å². The zero-order valence-electron chi connectivity index (χ0n) is 10.8. The molecule has 2 rings (SSSR count). The SMILES string of the molecule is CCOc1ccccc1C(=O)Nc1[nH]ncc1C(N)=S. The average Bonchev–Trinajstić information content (AvgIpc) is 2.88. The number of hydrogen-bond acceptors (Lipinski definition) is 4. The van der Waals surface area contributed by atoms with Gasteiger partial charge in [0.1, 0.15) is 16.6 Å². The summed E-state index contributed by atoms with van der Waals surface area (Å²) in [6.45, 7) is 2.33. The quantitative estimate of drug-likeness (QED) is 0.729. The molecular weight excluding hydrogens is 276 g/mol. The molecule has 0 spiro atoms. The van der Waals surface area contributed by atoms with Crippen LogP contribution in [0.2, 0.25) is 0 Å². The summed E-state index contributed by atoms with van der Waals surface area (Å²) in [5, 5.41) is 9.14. The van der Waals surface area contributed by atoms with E-state index < -0.39 is 0 Å². The normalized spacial score (nSPS) is 10.1. The molecule has 1 aromatic carbocycles. The van der Waals surface area contributed by atoms with Gasteiger partial charge in [0.05, 0.1) is 23.9 Å². The van der Waals surface area contributed by atoms with Crippen LogP contribution in [0.3, 0.4) is 0 Å². The highest BCUT2D eigenvalue weighted by Crippen LogP contribution is 2.20. The number of anilines is 1. The van der Waals surface area contributed by atoms with Crippen molar-refractivity contribution in [2.24, 2.45) is 5.73 Å². The Morgan fingerprint density at radius 3 is 2.90 bits per heavy atom. The Bertz CT molecular complexity index is 639. The van der Waals surface area contributed by atoms with Gasteiger partial charge in [-0.05, 0) is 19.1 Å². The lowest BCUT2D eigenvalue weighted by molar-refractivity contribution is 0.102. The minimum Gasteiger partial charge on any atom is -0.493 e. The first-order chi connectivity index (χ1) is 9.63. The summed E-state index contributed by atoms with van der Waals surface area (Å²) >= 11 is 4.88. The summed E-state index contributed by atoms with van der Waals surface area (Å²) in [6.07, 6.45) is 1.46. The monoisotopic (exact) mass is 290 g/mol. The highest BCUT2D eigenvalue weighted by Gasteiger charge is 2.15. The molecule has 0 aliphatic carbocycles. The van der Waals surface area contributed by atoms with E-state index in [1.807, 2.05) is 6.92 Å². The number of aromatic amines is 1. The Labute approximate surface area is 121 Å². The van der Waals surface area contributed by atoms with Gasteiger partial charge in [-0.15, -0.1) is 0 Å². The van der Waals surface area contributed by atoms with E-state index in [-0.39, 0.29) is 10.9 Å². The molecule has 2 aromatic rings. The first-order valence-electron chi connectivity index (χ1n) is 5.99. The summed E-state index contributed by atoms with van der Waals surface area (Å²) in [7, 11) is 0. The van der Waals surface area contributed by atoms with Crippen molar-refractivity contribution < 1.29 is 9.53 Å². The molecule has 1 amide bonds. The smallest absolute Gasteiger partial charge is 0.260 e. The largest absolute Gasteiger partial charge is 0.493 e. The van der Waals surface area contributed by atoms with Crippen LogP contribution in [0.1, 0.15) is 22.8 Å². The molecule has 0 saturated carbocycles. The number of aromatic nitrogens is 2. The third-order valence-corrected chi connectivity index (χ3v) is 2.79. The first-order valence-corrected chi connectivity index (χ1v) is 6.40. The second kappa shape index (κ2) is 6.16. The van der Waals surface area contributed by atoms with Crippen LogP contribution in [-0.4, -0.2) is 27.7 Å². The second-order valence-electron chi connectivity index (χ2n) is 3.91. The number of H-pyrrole nitrogens is 1. The van der Waals surface area contributed by atoms with Crippen LogP contribution >= 0.6 is 12.2 Å². The number of amides is 1. The number of benzene rings is 1. The number of carbonyl (C=O) groups excluding carboxylic acids is 1. The van der Waals surface area contributed by atoms with Crippen LogP contribution in [0.5, 0.6) is 5.75 Å². The molecule has 0 radical (unpaired) electrons. The van der Waals surface area contributed by atoms with Crippen molar-refractivity contribution in [3.8, 4) is 5.75 Å². The lowest BCUT2D eigenvalue weighted by Gasteiger charge is -2.10. The summed E-state index contributed by atoms with van der Waals surface area (Å²) in [5.74, 6) is 0.563. The fourth-order valence-corrected chi connectivity index (χ4v) is 1.84. The highest BCUT2D eigenvalue weighted by molar-refractivity contribution is 7.80. The van der Waals surface area contributed by atoms with Crippen molar-refractivity contribution in [2.45, 2.75) is 6.92 Å².